The molecule has 2 rings (SSSR count). The molecular formula is C14H17N3O2. The van der Waals surface area contributed by atoms with E-state index in [0.717, 1.165) is 17.1 Å². The van der Waals surface area contributed by atoms with Crippen molar-refractivity contribution in [2.75, 3.05) is 14.2 Å². The lowest BCUT2D eigenvalue weighted by Crippen LogP contribution is -2.28. The molecule has 0 bridgehead atoms. The number of para-hydroxylation sites is 1. The zero-order valence-electron chi connectivity index (χ0n) is 11.1. The van der Waals surface area contributed by atoms with Crippen LogP contribution in [0.1, 0.15) is 11.4 Å². The van der Waals surface area contributed by atoms with Crippen molar-refractivity contribution in [1.29, 1.82) is 0 Å². The molecule has 0 atom stereocenters. The molecule has 0 unspecified atom stereocenters. The molecule has 2 aromatic rings. The molecule has 0 aliphatic heterocycles. The van der Waals surface area contributed by atoms with Crippen LogP contribution >= 0.6 is 0 Å². The Balaban J connectivity index is 2.00. The first-order valence-electron chi connectivity index (χ1n) is 6.05. The van der Waals surface area contributed by atoms with Gasteiger partial charge in [-0.3, -0.25) is 4.79 Å². The van der Waals surface area contributed by atoms with Crippen LogP contribution in [0, 0.1) is 0 Å². The SMILES string of the molecule is COc1ccccc1CC(=O)N(C)Cc1ncc[nH]1. The Morgan fingerprint density at radius 3 is 2.89 bits per heavy atom. The van der Waals surface area contributed by atoms with Gasteiger partial charge >= 0.3 is 0 Å². The van der Waals surface area contributed by atoms with E-state index >= 15 is 0 Å². The molecule has 1 aromatic carbocycles. The second kappa shape index (κ2) is 6.04. The molecule has 0 radical (unpaired) electrons. The van der Waals surface area contributed by atoms with Gasteiger partial charge in [-0.05, 0) is 6.07 Å². The summed E-state index contributed by atoms with van der Waals surface area (Å²) in [6.45, 7) is 0.473. The zero-order chi connectivity index (χ0) is 13.7. The average molecular weight is 259 g/mol. The van der Waals surface area contributed by atoms with E-state index in [2.05, 4.69) is 9.97 Å². The zero-order valence-corrected chi connectivity index (χ0v) is 11.1. The van der Waals surface area contributed by atoms with Gasteiger partial charge in [-0.2, -0.15) is 0 Å². The van der Waals surface area contributed by atoms with Gasteiger partial charge in [-0.15, -0.1) is 0 Å². The lowest BCUT2D eigenvalue weighted by Gasteiger charge is -2.16. The molecule has 19 heavy (non-hydrogen) atoms. The van der Waals surface area contributed by atoms with Gasteiger partial charge in [-0.1, -0.05) is 18.2 Å². The fourth-order valence-electron chi connectivity index (χ4n) is 1.84. The van der Waals surface area contributed by atoms with E-state index in [9.17, 15) is 4.79 Å². The van der Waals surface area contributed by atoms with Crippen molar-refractivity contribution in [3.63, 3.8) is 0 Å². The van der Waals surface area contributed by atoms with Gasteiger partial charge in [0.25, 0.3) is 0 Å². The summed E-state index contributed by atoms with van der Waals surface area (Å²) in [7, 11) is 3.37. The second-order valence-corrected chi connectivity index (χ2v) is 4.27. The topological polar surface area (TPSA) is 58.2 Å². The van der Waals surface area contributed by atoms with E-state index in [4.69, 9.17) is 4.74 Å². The van der Waals surface area contributed by atoms with Gasteiger partial charge in [0.15, 0.2) is 0 Å². The molecule has 5 nitrogen and oxygen atoms in total. The monoisotopic (exact) mass is 259 g/mol. The van der Waals surface area contributed by atoms with Crippen LogP contribution in [0.5, 0.6) is 5.75 Å². The number of methoxy groups -OCH3 is 1. The van der Waals surface area contributed by atoms with Crippen LogP contribution in [-0.2, 0) is 17.8 Å². The molecule has 100 valence electrons. The van der Waals surface area contributed by atoms with Crippen LogP contribution in [0.25, 0.3) is 0 Å². The third-order valence-electron chi connectivity index (χ3n) is 2.90. The Labute approximate surface area is 112 Å². The number of nitrogens with zero attached hydrogens (tertiary/aromatic N) is 2. The van der Waals surface area contributed by atoms with Crippen LogP contribution in [0.2, 0.25) is 0 Å². The van der Waals surface area contributed by atoms with Crippen molar-refractivity contribution in [1.82, 2.24) is 14.9 Å². The Morgan fingerprint density at radius 2 is 2.21 bits per heavy atom. The van der Waals surface area contributed by atoms with E-state index in [1.54, 1.807) is 31.5 Å². The van der Waals surface area contributed by atoms with E-state index in [-0.39, 0.29) is 5.91 Å². The summed E-state index contributed by atoms with van der Waals surface area (Å²) in [5.74, 6) is 1.54. The number of carbonyl (C=O) groups is 1. The highest BCUT2D eigenvalue weighted by molar-refractivity contribution is 5.79. The third-order valence-corrected chi connectivity index (χ3v) is 2.90. The maximum Gasteiger partial charge on any atom is 0.227 e. The molecular weight excluding hydrogens is 242 g/mol. The summed E-state index contributed by atoms with van der Waals surface area (Å²) in [6.07, 6.45) is 3.74. The van der Waals surface area contributed by atoms with Gasteiger partial charge in [0.2, 0.25) is 5.91 Å². The predicted octanol–water partition coefficient (Wildman–Crippen LogP) is 1.62. The van der Waals surface area contributed by atoms with E-state index < -0.39 is 0 Å². The van der Waals surface area contributed by atoms with Crippen molar-refractivity contribution in [3.8, 4) is 5.75 Å². The van der Waals surface area contributed by atoms with Gasteiger partial charge in [0.1, 0.15) is 11.6 Å². The molecule has 1 amide bonds. The van der Waals surface area contributed by atoms with Gasteiger partial charge < -0.3 is 14.6 Å². The van der Waals surface area contributed by atoms with E-state index in [1.807, 2.05) is 24.3 Å². The molecule has 0 saturated heterocycles. The van der Waals surface area contributed by atoms with Crippen LogP contribution in [-0.4, -0.2) is 34.9 Å². The predicted molar refractivity (Wildman–Crippen MR) is 71.8 cm³/mol. The first-order chi connectivity index (χ1) is 9.20. The molecule has 1 N–H and O–H groups in total. The standard InChI is InChI=1S/C14H17N3O2/c1-17(10-13-15-7-8-16-13)14(18)9-11-5-3-4-6-12(11)19-2/h3-8H,9-10H2,1-2H3,(H,15,16). The first kappa shape index (κ1) is 13.1. The van der Waals surface area contributed by atoms with Crippen LogP contribution in [0.3, 0.4) is 0 Å². The summed E-state index contributed by atoms with van der Waals surface area (Å²) >= 11 is 0. The van der Waals surface area contributed by atoms with Crippen LogP contribution < -0.4 is 4.74 Å². The largest absolute Gasteiger partial charge is 0.496 e. The molecule has 0 saturated carbocycles. The van der Waals surface area contributed by atoms with E-state index in [0.29, 0.717) is 13.0 Å². The summed E-state index contributed by atoms with van der Waals surface area (Å²) in [5, 5.41) is 0. The normalized spacial score (nSPS) is 10.2. The number of imidazole rings is 1. The number of H-pyrrole nitrogens is 1. The number of carbonyl (C=O) groups excluding carboxylic acids is 1. The summed E-state index contributed by atoms with van der Waals surface area (Å²) in [6, 6.07) is 7.55. The average Bonchev–Trinajstić information content (AvgIpc) is 2.92. The van der Waals surface area contributed by atoms with Crippen molar-refractivity contribution in [3.05, 3.63) is 48.0 Å². The second-order valence-electron chi connectivity index (χ2n) is 4.27. The highest BCUT2D eigenvalue weighted by Crippen LogP contribution is 2.18. The first-order valence-corrected chi connectivity index (χ1v) is 6.05. The maximum absolute atomic E-state index is 12.1. The summed E-state index contributed by atoms with van der Waals surface area (Å²) < 4.78 is 5.24. The number of likely N-dealkylation sites (N-methyl/N-ethyl adjacent to an activating group) is 1. The molecule has 0 fully saturated rings. The molecule has 1 aromatic heterocycles. The number of hydrogen-bond acceptors (Lipinski definition) is 3. The summed E-state index contributed by atoms with van der Waals surface area (Å²) in [4.78, 5) is 20.9. The number of rotatable bonds is 5. The maximum atomic E-state index is 12.1. The Bertz CT molecular complexity index is 537. The number of aromatic amines is 1. The Hall–Kier alpha value is -2.30. The van der Waals surface area contributed by atoms with Crippen molar-refractivity contribution in [2.45, 2.75) is 13.0 Å². The minimum Gasteiger partial charge on any atom is -0.496 e. The van der Waals surface area contributed by atoms with Crippen LogP contribution in [0.15, 0.2) is 36.7 Å². The fourth-order valence-corrected chi connectivity index (χ4v) is 1.84. The number of nitrogens with one attached hydrogen (secondary N) is 1. The minimum absolute atomic E-state index is 0.0286. The molecule has 0 spiro atoms. The highest BCUT2D eigenvalue weighted by atomic mass is 16.5. The molecule has 1 heterocycles. The highest BCUT2D eigenvalue weighted by Gasteiger charge is 2.13. The van der Waals surface area contributed by atoms with Gasteiger partial charge in [-0.25, -0.2) is 4.98 Å². The van der Waals surface area contributed by atoms with Gasteiger partial charge in [0.05, 0.1) is 20.1 Å². The number of hydrogen-bond donors (Lipinski definition) is 1. The van der Waals surface area contributed by atoms with Crippen LogP contribution in [0.4, 0.5) is 0 Å². The lowest BCUT2D eigenvalue weighted by molar-refractivity contribution is -0.129. The van der Waals surface area contributed by atoms with Crippen molar-refractivity contribution in [2.24, 2.45) is 0 Å². The molecule has 0 aliphatic carbocycles. The third kappa shape index (κ3) is 3.34. The van der Waals surface area contributed by atoms with Crippen molar-refractivity contribution >= 4 is 5.91 Å². The number of benzene rings is 1. The quantitative estimate of drug-likeness (QED) is 0.887. The smallest absolute Gasteiger partial charge is 0.227 e. The number of amides is 1. The summed E-state index contributed by atoms with van der Waals surface area (Å²) in [5.41, 5.74) is 0.890. The molecule has 0 aliphatic rings. The fraction of sp³-hybridized carbons (Fsp3) is 0.286. The Morgan fingerprint density at radius 1 is 1.42 bits per heavy atom. The lowest BCUT2D eigenvalue weighted by atomic mass is 10.1. The molecule has 5 heteroatoms. The van der Waals surface area contributed by atoms with Gasteiger partial charge in [0, 0.05) is 25.0 Å². The van der Waals surface area contributed by atoms with E-state index in [1.165, 1.54) is 0 Å². The number of ether oxygens (including phenoxy) is 1. The Kier molecular flexibility index (Phi) is 4.18. The number of aromatic nitrogens is 2. The minimum atomic E-state index is 0.0286. The van der Waals surface area contributed by atoms with Crippen molar-refractivity contribution < 1.29 is 9.53 Å².